The molecule has 0 aliphatic carbocycles. The molecule has 3 rings (SSSR count). The maximum absolute atomic E-state index is 12.6. The third kappa shape index (κ3) is 3.62. The van der Waals surface area contributed by atoms with Crippen molar-refractivity contribution in [3.8, 4) is 5.75 Å². The second-order valence-corrected chi connectivity index (χ2v) is 5.65. The van der Waals surface area contributed by atoms with Crippen LogP contribution in [-0.4, -0.2) is 48.7 Å². The van der Waals surface area contributed by atoms with E-state index in [0.29, 0.717) is 38.5 Å². The lowest BCUT2D eigenvalue weighted by Gasteiger charge is -2.27. The van der Waals surface area contributed by atoms with Crippen molar-refractivity contribution in [3.63, 3.8) is 0 Å². The fourth-order valence-corrected chi connectivity index (χ4v) is 2.66. The number of morpholine rings is 1. The first-order valence-electron chi connectivity index (χ1n) is 8.18. The predicted molar refractivity (Wildman–Crippen MR) is 88.9 cm³/mol. The summed E-state index contributed by atoms with van der Waals surface area (Å²) in [6.45, 7) is 5.30. The highest BCUT2D eigenvalue weighted by Crippen LogP contribution is 2.25. The topological polar surface area (TPSA) is 51.7 Å². The molecule has 1 aromatic carbocycles. The van der Waals surface area contributed by atoms with Gasteiger partial charge in [0.2, 0.25) is 0 Å². The molecule has 5 nitrogen and oxygen atoms in total. The Morgan fingerprint density at radius 3 is 2.91 bits per heavy atom. The molecule has 0 radical (unpaired) electrons. The fourth-order valence-electron chi connectivity index (χ4n) is 2.66. The Kier molecular flexibility index (Phi) is 5.08. The van der Waals surface area contributed by atoms with Crippen LogP contribution in [0.2, 0.25) is 0 Å². The minimum Gasteiger partial charge on any atom is -0.493 e. The van der Waals surface area contributed by atoms with Crippen LogP contribution in [0.5, 0.6) is 5.75 Å². The van der Waals surface area contributed by atoms with Crippen LogP contribution in [0, 0.1) is 0 Å². The molecule has 5 heteroatoms. The van der Waals surface area contributed by atoms with Crippen molar-refractivity contribution in [2.24, 2.45) is 0 Å². The Balaban J connectivity index is 1.87. The van der Waals surface area contributed by atoms with Gasteiger partial charge in [0, 0.05) is 30.2 Å². The van der Waals surface area contributed by atoms with Crippen LogP contribution in [0.15, 0.2) is 30.5 Å². The first kappa shape index (κ1) is 15.7. The normalized spacial score (nSPS) is 14.9. The van der Waals surface area contributed by atoms with Crippen molar-refractivity contribution in [2.45, 2.75) is 19.8 Å². The lowest BCUT2D eigenvalue weighted by Crippen LogP contribution is -2.40. The smallest absolute Gasteiger partial charge is 0.254 e. The van der Waals surface area contributed by atoms with E-state index >= 15 is 0 Å². The minimum absolute atomic E-state index is 0.0403. The molecule has 122 valence electrons. The van der Waals surface area contributed by atoms with Gasteiger partial charge in [0.25, 0.3) is 5.91 Å². The summed E-state index contributed by atoms with van der Waals surface area (Å²) in [5.41, 5.74) is 1.52. The zero-order valence-electron chi connectivity index (χ0n) is 13.5. The quantitative estimate of drug-likeness (QED) is 0.796. The number of hydrogen-bond donors (Lipinski definition) is 0. The maximum atomic E-state index is 12.6. The number of hydrogen-bond acceptors (Lipinski definition) is 4. The molecule has 0 atom stereocenters. The van der Waals surface area contributed by atoms with Crippen molar-refractivity contribution >= 4 is 16.8 Å². The summed E-state index contributed by atoms with van der Waals surface area (Å²) >= 11 is 0. The number of unbranched alkanes of at least 4 members (excludes halogenated alkanes) is 1. The Bertz CT molecular complexity index is 681. The highest BCUT2D eigenvalue weighted by molar-refractivity contribution is 5.99. The highest BCUT2D eigenvalue weighted by Gasteiger charge is 2.19. The maximum Gasteiger partial charge on any atom is 0.254 e. The number of benzene rings is 1. The van der Waals surface area contributed by atoms with E-state index in [1.807, 2.05) is 29.2 Å². The van der Waals surface area contributed by atoms with Gasteiger partial charge in [-0.25, -0.2) is 0 Å². The highest BCUT2D eigenvalue weighted by atomic mass is 16.5. The van der Waals surface area contributed by atoms with E-state index in [0.717, 1.165) is 29.5 Å². The average Bonchev–Trinajstić information content (AvgIpc) is 2.62. The third-order valence-corrected chi connectivity index (χ3v) is 4.00. The average molecular weight is 314 g/mol. The van der Waals surface area contributed by atoms with Crippen molar-refractivity contribution in [1.29, 1.82) is 0 Å². The lowest BCUT2D eigenvalue weighted by molar-refractivity contribution is 0.0303. The Morgan fingerprint density at radius 2 is 2.13 bits per heavy atom. The van der Waals surface area contributed by atoms with E-state index in [9.17, 15) is 4.79 Å². The monoisotopic (exact) mass is 314 g/mol. The van der Waals surface area contributed by atoms with Crippen LogP contribution in [-0.2, 0) is 4.74 Å². The SMILES string of the molecule is CCCCOc1ccnc2ccc(C(=O)N3CCOCC3)cc12. The molecular weight excluding hydrogens is 292 g/mol. The van der Waals surface area contributed by atoms with Crippen LogP contribution in [0.1, 0.15) is 30.1 Å². The van der Waals surface area contributed by atoms with Crippen molar-refractivity contribution < 1.29 is 14.3 Å². The van der Waals surface area contributed by atoms with Gasteiger partial charge < -0.3 is 14.4 Å². The molecule has 1 aliphatic rings. The molecule has 0 spiro atoms. The molecule has 0 bridgehead atoms. The summed E-state index contributed by atoms with van der Waals surface area (Å²) in [7, 11) is 0. The van der Waals surface area contributed by atoms with Gasteiger partial charge in [-0.1, -0.05) is 13.3 Å². The molecule has 1 saturated heterocycles. The number of ether oxygens (including phenoxy) is 2. The van der Waals surface area contributed by atoms with Crippen LogP contribution in [0.25, 0.3) is 10.9 Å². The molecule has 1 amide bonds. The van der Waals surface area contributed by atoms with E-state index in [-0.39, 0.29) is 5.91 Å². The standard InChI is InChI=1S/C18H22N2O3/c1-2-3-10-23-17-6-7-19-16-5-4-14(13-15(16)17)18(21)20-8-11-22-12-9-20/h4-7,13H,2-3,8-12H2,1H3. The minimum atomic E-state index is 0.0403. The van der Waals surface area contributed by atoms with E-state index in [1.54, 1.807) is 6.20 Å². The third-order valence-electron chi connectivity index (χ3n) is 4.00. The fraction of sp³-hybridized carbons (Fsp3) is 0.444. The second kappa shape index (κ2) is 7.42. The molecule has 1 aromatic heterocycles. The van der Waals surface area contributed by atoms with Crippen LogP contribution >= 0.6 is 0 Å². The lowest BCUT2D eigenvalue weighted by atomic mass is 10.1. The number of aromatic nitrogens is 1. The van der Waals surface area contributed by atoms with Gasteiger partial charge >= 0.3 is 0 Å². The molecule has 1 aliphatic heterocycles. The number of carbonyl (C=O) groups is 1. The molecular formula is C18H22N2O3. The number of fused-ring (bicyclic) bond motifs is 1. The van der Waals surface area contributed by atoms with Gasteiger partial charge in [-0.05, 0) is 30.7 Å². The summed E-state index contributed by atoms with van der Waals surface area (Å²) in [5.74, 6) is 0.832. The summed E-state index contributed by atoms with van der Waals surface area (Å²) in [5, 5.41) is 0.891. The molecule has 0 unspecified atom stereocenters. The summed E-state index contributed by atoms with van der Waals surface area (Å²) in [6, 6.07) is 7.47. The van der Waals surface area contributed by atoms with Gasteiger partial charge in [-0.3, -0.25) is 9.78 Å². The van der Waals surface area contributed by atoms with Gasteiger partial charge in [-0.15, -0.1) is 0 Å². The number of carbonyl (C=O) groups excluding carboxylic acids is 1. The van der Waals surface area contributed by atoms with Crippen molar-refractivity contribution in [2.75, 3.05) is 32.9 Å². The zero-order chi connectivity index (χ0) is 16.1. The van der Waals surface area contributed by atoms with Gasteiger partial charge in [0.1, 0.15) is 5.75 Å². The van der Waals surface area contributed by atoms with Gasteiger partial charge in [-0.2, -0.15) is 0 Å². The first-order chi connectivity index (χ1) is 11.3. The molecule has 23 heavy (non-hydrogen) atoms. The molecule has 2 heterocycles. The van der Waals surface area contributed by atoms with Gasteiger partial charge in [0.15, 0.2) is 0 Å². The van der Waals surface area contributed by atoms with Crippen molar-refractivity contribution in [3.05, 3.63) is 36.0 Å². The van der Waals surface area contributed by atoms with E-state index in [1.165, 1.54) is 0 Å². The van der Waals surface area contributed by atoms with Crippen LogP contribution in [0.3, 0.4) is 0 Å². The van der Waals surface area contributed by atoms with E-state index < -0.39 is 0 Å². The summed E-state index contributed by atoms with van der Waals surface area (Å²) in [6.07, 6.45) is 3.84. The van der Waals surface area contributed by atoms with Crippen molar-refractivity contribution in [1.82, 2.24) is 9.88 Å². The molecule has 0 saturated carbocycles. The Labute approximate surface area is 136 Å². The number of rotatable bonds is 5. The molecule has 1 fully saturated rings. The number of pyridine rings is 1. The zero-order valence-corrected chi connectivity index (χ0v) is 13.5. The summed E-state index contributed by atoms with van der Waals surface area (Å²) in [4.78, 5) is 18.8. The summed E-state index contributed by atoms with van der Waals surface area (Å²) < 4.78 is 11.2. The largest absolute Gasteiger partial charge is 0.493 e. The molecule has 2 aromatic rings. The van der Waals surface area contributed by atoms with E-state index in [4.69, 9.17) is 9.47 Å². The number of amides is 1. The van der Waals surface area contributed by atoms with Crippen LogP contribution in [0.4, 0.5) is 0 Å². The Morgan fingerprint density at radius 1 is 1.30 bits per heavy atom. The number of nitrogens with zero attached hydrogens (tertiary/aromatic N) is 2. The Hall–Kier alpha value is -2.14. The van der Waals surface area contributed by atoms with Gasteiger partial charge in [0.05, 0.1) is 25.3 Å². The second-order valence-electron chi connectivity index (χ2n) is 5.65. The van der Waals surface area contributed by atoms with Crippen LogP contribution < -0.4 is 4.74 Å². The molecule has 0 N–H and O–H groups in total. The first-order valence-corrected chi connectivity index (χ1v) is 8.18. The predicted octanol–water partition coefficient (Wildman–Crippen LogP) is 2.89. The van der Waals surface area contributed by atoms with E-state index in [2.05, 4.69) is 11.9 Å².